The summed E-state index contributed by atoms with van der Waals surface area (Å²) in [5, 5.41) is 30.6. The molecule has 3 N–H and O–H groups in total. The third-order valence-electron chi connectivity index (χ3n) is 10.2. The molecule has 0 aromatic rings. The highest BCUT2D eigenvalue weighted by Crippen LogP contribution is 2.60. The Kier molecular flexibility index (Phi) is 8.33. The standard InChI is InChI=1S/C31H46O5/c1-18(16-28-19(2)20(3)30(35)36-28)25-12-13-26-22(8-6-14-31(25,26)5)10-11-23-17-27(33)24(9-7-15-32)29(34)21(23)4/h10-11,18-19,24-29,32-34H,3-4,6-9,12-17H2,1-2,5H3/b22-10+,23-11-/t18-,19+,24+,25-,26+,27-,28+,29-,31-/m1/s1. The average molecular weight is 499 g/mol. The first-order chi connectivity index (χ1) is 17.1. The van der Waals surface area contributed by atoms with Crippen LogP contribution in [-0.4, -0.2) is 46.2 Å². The predicted octanol–water partition coefficient (Wildman–Crippen LogP) is 5.27. The molecule has 9 atom stereocenters. The number of hydrogen-bond donors (Lipinski definition) is 3. The summed E-state index contributed by atoms with van der Waals surface area (Å²) in [6.07, 6.45) is 11.4. The molecule has 1 saturated heterocycles. The van der Waals surface area contributed by atoms with E-state index in [1.165, 1.54) is 31.3 Å². The van der Waals surface area contributed by atoms with Crippen molar-refractivity contribution >= 4 is 5.97 Å². The molecular formula is C31H46O5. The van der Waals surface area contributed by atoms with Crippen molar-refractivity contribution in [3.63, 3.8) is 0 Å². The van der Waals surface area contributed by atoms with E-state index in [0.717, 1.165) is 18.4 Å². The fourth-order valence-corrected chi connectivity index (χ4v) is 7.95. The Morgan fingerprint density at radius 3 is 2.61 bits per heavy atom. The van der Waals surface area contributed by atoms with E-state index in [1.54, 1.807) is 0 Å². The molecule has 3 saturated carbocycles. The Labute approximate surface area is 217 Å². The second-order valence-electron chi connectivity index (χ2n) is 12.3. The summed E-state index contributed by atoms with van der Waals surface area (Å²) in [6, 6.07) is 0. The summed E-state index contributed by atoms with van der Waals surface area (Å²) in [6.45, 7) is 15.0. The lowest BCUT2D eigenvalue weighted by molar-refractivity contribution is -0.140. The molecular weight excluding hydrogens is 452 g/mol. The molecule has 5 nitrogen and oxygen atoms in total. The van der Waals surface area contributed by atoms with E-state index >= 15 is 0 Å². The van der Waals surface area contributed by atoms with Gasteiger partial charge in [-0.2, -0.15) is 0 Å². The van der Waals surface area contributed by atoms with Gasteiger partial charge in [-0.15, -0.1) is 0 Å². The highest BCUT2D eigenvalue weighted by Gasteiger charge is 2.51. The quantitative estimate of drug-likeness (QED) is 0.329. The highest BCUT2D eigenvalue weighted by molar-refractivity contribution is 5.90. The van der Waals surface area contributed by atoms with E-state index in [0.29, 0.717) is 48.2 Å². The van der Waals surface area contributed by atoms with Gasteiger partial charge in [0, 0.05) is 24.0 Å². The third kappa shape index (κ3) is 5.04. The lowest BCUT2D eigenvalue weighted by atomic mass is 9.60. The Hall–Kier alpha value is -1.69. The number of allylic oxidation sites excluding steroid dienone is 3. The number of carbonyl (C=O) groups is 1. The summed E-state index contributed by atoms with van der Waals surface area (Å²) in [5.41, 5.74) is 3.98. The van der Waals surface area contributed by atoms with Crippen molar-refractivity contribution in [1.82, 2.24) is 0 Å². The van der Waals surface area contributed by atoms with Crippen LogP contribution in [0.3, 0.4) is 0 Å². The first-order valence-corrected chi connectivity index (χ1v) is 14.0. The first kappa shape index (κ1) is 27.3. The van der Waals surface area contributed by atoms with Crippen LogP contribution in [0.2, 0.25) is 0 Å². The van der Waals surface area contributed by atoms with Gasteiger partial charge in [0.15, 0.2) is 0 Å². The number of aliphatic hydroxyl groups is 3. The summed E-state index contributed by atoms with van der Waals surface area (Å²) < 4.78 is 5.65. The Balaban J connectivity index is 1.46. The average Bonchev–Trinajstić information content (AvgIpc) is 3.32. The normalized spacial score (nSPS) is 42.2. The SMILES string of the molecule is C=C1/C(=C\C=C2/CCC[C@]3(C)[C@@H]([C@H](C)C[C@@H]4OC(=O)C(=C)[C@@H]4C)CC[C@@H]23)C[C@@H](O)[C@H](CCCO)[C@@H]1O. The number of fused-ring (bicyclic) bond motifs is 1. The fraction of sp³-hybridized carbons (Fsp3) is 0.710. The van der Waals surface area contributed by atoms with Gasteiger partial charge < -0.3 is 20.1 Å². The lowest BCUT2D eigenvalue weighted by Gasteiger charge is -2.44. The molecule has 200 valence electrons. The van der Waals surface area contributed by atoms with Crippen LogP contribution in [0.5, 0.6) is 0 Å². The molecule has 5 heteroatoms. The van der Waals surface area contributed by atoms with Gasteiger partial charge in [-0.3, -0.25) is 0 Å². The van der Waals surface area contributed by atoms with Crippen molar-refractivity contribution in [2.24, 2.45) is 35.0 Å². The Morgan fingerprint density at radius 2 is 1.94 bits per heavy atom. The molecule has 3 aliphatic carbocycles. The molecule has 0 bridgehead atoms. The molecule has 4 aliphatic rings. The van der Waals surface area contributed by atoms with Crippen molar-refractivity contribution in [2.75, 3.05) is 6.61 Å². The van der Waals surface area contributed by atoms with Crippen molar-refractivity contribution in [1.29, 1.82) is 0 Å². The van der Waals surface area contributed by atoms with Crippen LogP contribution < -0.4 is 0 Å². The second-order valence-corrected chi connectivity index (χ2v) is 12.3. The minimum Gasteiger partial charge on any atom is -0.458 e. The van der Waals surface area contributed by atoms with Crippen molar-refractivity contribution < 1.29 is 24.9 Å². The maximum Gasteiger partial charge on any atom is 0.334 e. The van der Waals surface area contributed by atoms with Gasteiger partial charge >= 0.3 is 5.97 Å². The topological polar surface area (TPSA) is 87.0 Å². The van der Waals surface area contributed by atoms with Gasteiger partial charge in [0.25, 0.3) is 0 Å². The molecule has 4 fully saturated rings. The smallest absolute Gasteiger partial charge is 0.334 e. The van der Waals surface area contributed by atoms with Crippen molar-refractivity contribution in [3.8, 4) is 0 Å². The number of carbonyl (C=O) groups excluding carboxylic acids is 1. The van der Waals surface area contributed by atoms with Crippen LogP contribution in [0, 0.1) is 35.0 Å². The minimum atomic E-state index is -0.763. The predicted molar refractivity (Wildman–Crippen MR) is 142 cm³/mol. The fourth-order valence-electron chi connectivity index (χ4n) is 7.95. The number of hydrogen-bond acceptors (Lipinski definition) is 5. The molecule has 36 heavy (non-hydrogen) atoms. The number of esters is 1. The minimum absolute atomic E-state index is 0.0534. The Bertz CT molecular complexity index is 931. The zero-order valence-corrected chi connectivity index (χ0v) is 22.4. The van der Waals surface area contributed by atoms with Gasteiger partial charge in [-0.25, -0.2) is 4.79 Å². The van der Waals surface area contributed by atoms with E-state index < -0.39 is 12.2 Å². The second kappa shape index (κ2) is 11.0. The maximum absolute atomic E-state index is 12.0. The number of cyclic esters (lactones) is 1. The van der Waals surface area contributed by atoms with Crippen LogP contribution in [0.15, 0.2) is 47.6 Å². The van der Waals surface area contributed by atoms with Crippen LogP contribution in [0.1, 0.15) is 78.6 Å². The molecule has 1 heterocycles. The zero-order chi connectivity index (χ0) is 26.2. The maximum atomic E-state index is 12.0. The van der Waals surface area contributed by atoms with Gasteiger partial charge in [0.05, 0.1) is 12.2 Å². The van der Waals surface area contributed by atoms with Crippen LogP contribution in [-0.2, 0) is 9.53 Å². The molecule has 0 aromatic heterocycles. The van der Waals surface area contributed by atoms with Crippen molar-refractivity contribution in [3.05, 3.63) is 47.6 Å². The summed E-state index contributed by atoms with van der Waals surface area (Å²) in [4.78, 5) is 12.0. The molecule has 0 radical (unpaired) electrons. The Morgan fingerprint density at radius 1 is 1.19 bits per heavy atom. The largest absolute Gasteiger partial charge is 0.458 e. The lowest BCUT2D eigenvalue weighted by Crippen LogP contribution is -2.38. The van der Waals surface area contributed by atoms with Crippen LogP contribution in [0.25, 0.3) is 0 Å². The van der Waals surface area contributed by atoms with E-state index in [9.17, 15) is 15.0 Å². The van der Waals surface area contributed by atoms with Crippen LogP contribution in [0.4, 0.5) is 0 Å². The van der Waals surface area contributed by atoms with E-state index in [4.69, 9.17) is 9.84 Å². The molecule has 4 rings (SSSR count). The summed E-state index contributed by atoms with van der Waals surface area (Å²) in [5.74, 6) is 1.21. The number of aliphatic hydroxyl groups excluding tert-OH is 3. The third-order valence-corrected chi connectivity index (χ3v) is 10.2. The molecule has 0 unspecified atom stereocenters. The molecule has 0 spiro atoms. The monoisotopic (exact) mass is 498 g/mol. The van der Waals surface area contributed by atoms with Gasteiger partial charge in [-0.05, 0) is 92.1 Å². The zero-order valence-electron chi connectivity index (χ0n) is 22.4. The molecule has 1 aliphatic heterocycles. The highest BCUT2D eigenvalue weighted by atomic mass is 16.6. The van der Waals surface area contributed by atoms with E-state index in [-0.39, 0.29) is 35.9 Å². The van der Waals surface area contributed by atoms with Crippen molar-refractivity contribution in [2.45, 2.75) is 96.9 Å². The van der Waals surface area contributed by atoms with Gasteiger partial charge in [0.2, 0.25) is 0 Å². The van der Waals surface area contributed by atoms with E-state index in [2.05, 4.69) is 46.1 Å². The van der Waals surface area contributed by atoms with Gasteiger partial charge in [0.1, 0.15) is 6.10 Å². The van der Waals surface area contributed by atoms with Crippen LogP contribution >= 0.6 is 0 Å². The molecule has 0 aromatic carbocycles. The first-order valence-electron chi connectivity index (χ1n) is 14.0. The summed E-state index contributed by atoms with van der Waals surface area (Å²) in [7, 11) is 0. The summed E-state index contributed by atoms with van der Waals surface area (Å²) >= 11 is 0. The molecule has 0 amide bonds. The van der Waals surface area contributed by atoms with Gasteiger partial charge in [-0.1, -0.05) is 51.7 Å². The number of rotatable bonds is 7. The number of ether oxygens (including phenoxy) is 1. The van der Waals surface area contributed by atoms with E-state index in [1.807, 2.05) is 0 Å².